The molecule has 0 saturated carbocycles. The maximum absolute atomic E-state index is 0. The van der Waals surface area contributed by atoms with Gasteiger partial charge in [-0.15, -0.1) is 0 Å². The molecule has 5 heavy (non-hydrogen) atoms. The third-order valence-corrected chi connectivity index (χ3v) is 0. The van der Waals surface area contributed by atoms with Gasteiger partial charge in [0, 0.05) is 0 Å². The van der Waals surface area contributed by atoms with Crippen molar-refractivity contribution < 1.29 is 43.2 Å². The standard InChI is InChI=1S/Ca.2FH.Mg.Na.3H/h;2*1H;;;;;/q+2;;;+2;+1;3*-1/p-2. The number of halogens is 2. The molecule has 0 aliphatic carbocycles. The summed E-state index contributed by atoms with van der Waals surface area (Å²) >= 11 is 0. The average molecular weight is 128 g/mol. The summed E-state index contributed by atoms with van der Waals surface area (Å²) in [4.78, 5) is 0. The van der Waals surface area contributed by atoms with Crippen LogP contribution in [-0.2, 0) is 0 Å². The molecule has 0 amide bonds. The fourth-order valence-corrected chi connectivity index (χ4v) is 0. The maximum Gasteiger partial charge on any atom is 2.00 e. The summed E-state index contributed by atoms with van der Waals surface area (Å²) in [7, 11) is 0. The normalized spacial score (nSPS) is 0. The summed E-state index contributed by atoms with van der Waals surface area (Å²) < 4.78 is 0. The van der Waals surface area contributed by atoms with E-state index in [0.29, 0.717) is 0 Å². The van der Waals surface area contributed by atoms with Gasteiger partial charge in [-0.2, -0.15) is 0 Å². The number of hydrogen-bond donors (Lipinski definition) is 0. The maximum atomic E-state index is 0. The van der Waals surface area contributed by atoms with Crippen molar-refractivity contribution in [2.75, 3.05) is 0 Å². The Balaban J connectivity index is 0. The van der Waals surface area contributed by atoms with Gasteiger partial charge in [0.15, 0.2) is 0 Å². The molecule has 0 saturated heterocycles. The van der Waals surface area contributed by atoms with Crippen LogP contribution >= 0.6 is 0 Å². The third-order valence-electron chi connectivity index (χ3n) is 0. The zero-order valence-electron chi connectivity index (χ0n) is 6.17. The molecule has 0 nitrogen and oxygen atoms in total. The topological polar surface area (TPSA) is 0 Å². The summed E-state index contributed by atoms with van der Waals surface area (Å²) in [5.74, 6) is 0. The fraction of sp³-hybridized carbons (Fsp3) is 0. The Hall–Kier alpha value is 2.89. The molecule has 0 fully saturated rings. The molecular weight excluding hydrogens is 125 g/mol. The van der Waals surface area contributed by atoms with Gasteiger partial charge in [-0.25, -0.2) is 0 Å². The van der Waals surface area contributed by atoms with E-state index in [0.717, 1.165) is 0 Å². The molecular formula is H3CaF2MgNa. The summed E-state index contributed by atoms with van der Waals surface area (Å²) in [6.07, 6.45) is 0. The van der Waals surface area contributed by atoms with E-state index < -0.39 is 0 Å². The van der Waals surface area contributed by atoms with Crippen LogP contribution in [0, 0.1) is 0 Å². The van der Waals surface area contributed by atoms with Gasteiger partial charge in [-0.3, -0.25) is 0 Å². The zero-order valence-corrected chi connectivity index (χ0v) is 8.79. The molecule has 22 valence electrons. The van der Waals surface area contributed by atoms with Gasteiger partial charge in [0.1, 0.15) is 0 Å². The SMILES string of the molecule is [Ca+2].[F-].[F-].[H-].[H-].[H-].[Mg+2].[Na+]. The largest absolute Gasteiger partial charge is 2.00 e. The van der Waals surface area contributed by atoms with Crippen LogP contribution in [-0.4, -0.2) is 60.8 Å². The van der Waals surface area contributed by atoms with E-state index in [1.54, 1.807) is 0 Å². The Kier molecular flexibility index (Phi) is 257. The van der Waals surface area contributed by atoms with E-state index in [1.807, 2.05) is 0 Å². The van der Waals surface area contributed by atoms with Gasteiger partial charge in [0.2, 0.25) is 0 Å². The van der Waals surface area contributed by atoms with Gasteiger partial charge in [0.25, 0.3) is 0 Å². The van der Waals surface area contributed by atoms with Crippen molar-refractivity contribution in [2.45, 2.75) is 0 Å². The molecule has 0 spiro atoms. The van der Waals surface area contributed by atoms with Crippen LogP contribution in [0.5, 0.6) is 0 Å². The van der Waals surface area contributed by atoms with Gasteiger partial charge in [0.05, 0.1) is 0 Å². The first kappa shape index (κ1) is 44.9. The van der Waals surface area contributed by atoms with Crippen molar-refractivity contribution >= 4 is 60.8 Å². The average Bonchev–Trinajstić information content (AvgIpc) is 0. The first-order valence-corrected chi connectivity index (χ1v) is 0. The predicted octanol–water partition coefficient (Wildman–Crippen LogP) is -9.41. The van der Waals surface area contributed by atoms with Crippen molar-refractivity contribution in [3.63, 3.8) is 0 Å². The number of hydrogen-bond acceptors (Lipinski definition) is 0. The summed E-state index contributed by atoms with van der Waals surface area (Å²) in [6.45, 7) is 0. The van der Waals surface area contributed by atoms with Crippen LogP contribution < -0.4 is 39.0 Å². The molecule has 0 atom stereocenters. The van der Waals surface area contributed by atoms with E-state index in [1.165, 1.54) is 0 Å². The van der Waals surface area contributed by atoms with Crippen molar-refractivity contribution in [3.05, 3.63) is 0 Å². The monoisotopic (exact) mass is 128 g/mol. The van der Waals surface area contributed by atoms with Crippen molar-refractivity contribution in [3.8, 4) is 0 Å². The van der Waals surface area contributed by atoms with Gasteiger partial charge in [-0.05, 0) is 0 Å². The quantitative estimate of drug-likeness (QED) is 0.284. The first-order valence-electron chi connectivity index (χ1n) is 0. The Bertz CT molecular complexity index is 17.2. The van der Waals surface area contributed by atoms with E-state index in [9.17, 15) is 0 Å². The van der Waals surface area contributed by atoms with Crippen LogP contribution in [0.1, 0.15) is 4.28 Å². The molecule has 0 N–H and O–H groups in total. The summed E-state index contributed by atoms with van der Waals surface area (Å²) in [6, 6.07) is 0. The first-order chi connectivity index (χ1) is 0. The van der Waals surface area contributed by atoms with Gasteiger partial charge >= 0.3 is 90.3 Å². The summed E-state index contributed by atoms with van der Waals surface area (Å²) in [5, 5.41) is 0. The Morgan fingerprint density at radius 2 is 1.00 bits per heavy atom. The minimum atomic E-state index is 0. The smallest absolute Gasteiger partial charge is 1.00 e. The van der Waals surface area contributed by atoms with Crippen molar-refractivity contribution in [1.82, 2.24) is 0 Å². The minimum absolute atomic E-state index is 0. The third kappa shape index (κ3) is 19.7. The molecule has 0 aliphatic rings. The molecule has 0 aliphatic heterocycles. The van der Waals surface area contributed by atoms with Crippen molar-refractivity contribution in [1.29, 1.82) is 0 Å². The van der Waals surface area contributed by atoms with E-state index in [2.05, 4.69) is 0 Å². The Labute approximate surface area is 102 Å². The molecule has 0 aromatic carbocycles. The van der Waals surface area contributed by atoms with Crippen molar-refractivity contribution in [2.24, 2.45) is 0 Å². The molecule has 5 heteroatoms. The van der Waals surface area contributed by atoms with Crippen LogP contribution in [0.4, 0.5) is 0 Å². The molecule has 0 heterocycles. The minimum Gasteiger partial charge on any atom is -1.00 e. The molecule has 0 radical (unpaired) electrons. The second-order valence-corrected chi connectivity index (χ2v) is 0. The fourth-order valence-electron chi connectivity index (χ4n) is 0. The Morgan fingerprint density at radius 1 is 1.00 bits per heavy atom. The molecule has 0 rings (SSSR count). The van der Waals surface area contributed by atoms with Gasteiger partial charge in [-0.1, -0.05) is 0 Å². The second kappa shape index (κ2) is 28.6. The van der Waals surface area contributed by atoms with Crippen LogP contribution in [0.2, 0.25) is 0 Å². The molecule has 0 unspecified atom stereocenters. The number of rotatable bonds is 0. The van der Waals surface area contributed by atoms with E-state index in [-0.39, 0.29) is 104 Å². The van der Waals surface area contributed by atoms with E-state index in [4.69, 9.17) is 0 Å². The summed E-state index contributed by atoms with van der Waals surface area (Å²) in [5.41, 5.74) is 0. The van der Waals surface area contributed by atoms with Gasteiger partial charge < -0.3 is 13.7 Å². The molecule has 0 aromatic rings. The second-order valence-electron chi connectivity index (χ2n) is 0. The molecule has 0 bridgehead atoms. The van der Waals surface area contributed by atoms with Crippen LogP contribution in [0.15, 0.2) is 0 Å². The van der Waals surface area contributed by atoms with Crippen LogP contribution in [0.25, 0.3) is 0 Å². The predicted molar refractivity (Wildman–Crippen MR) is 14.8 cm³/mol. The van der Waals surface area contributed by atoms with E-state index >= 15 is 0 Å². The van der Waals surface area contributed by atoms with Crippen LogP contribution in [0.3, 0.4) is 0 Å². The zero-order chi connectivity index (χ0) is 0. The molecule has 0 aromatic heterocycles. The Morgan fingerprint density at radius 3 is 1.00 bits per heavy atom.